The minimum Gasteiger partial charge on any atom is -0.373 e. The first kappa shape index (κ1) is 15.1. The van der Waals surface area contributed by atoms with Crippen molar-refractivity contribution in [3.63, 3.8) is 0 Å². The molecule has 18 heavy (non-hydrogen) atoms. The van der Waals surface area contributed by atoms with Crippen LogP contribution in [0.15, 0.2) is 4.52 Å². The van der Waals surface area contributed by atoms with Crippen LogP contribution < -0.4 is 5.32 Å². The van der Waals surface area contributed by atoms with Crippen LogP contribution in [0.3, 0.4) is 0 Å². The molecule has 0 saturated heterocycles. The van der Waals surface area contributed by atoms with Crippen LogP contribution >= 0.6 is 0 Å². The molecule has 0 aliphatic carbocycles. The van der Waals surface area contributed by atoms with Gasteiger partial charge in [-0.1, -0.05) is 25.9 Å². The van der Waals surface area contributed by atoms with E-state index in [0.717, 1.165) is 38.8 Å². The molecule has 1 heterocycles. The number of aromatic nitrogens is 2. The van der Waals surface area contributed by atoms with E-state index in [0.29, 0.717) is 24.4 Å². The van der Waals surface area contributed by atoms with Gasteiger partial charge in [0.15, 0.2) is 5.82 Å². The number of hydrogen-bond donors (Lipinski definition) is 1. The summed E-state index contributed by atoms with van der Waals surface area (Å²) >= 11 is 0. The van der Waals surface area contributed by atoms with Gasteiger partial charge in [-0.15, -0.1) is 0 Å². The largest absolute Gasteiger partial charge is 0.373 e. The van der Waals surface area contributed by atoms with E-state index in [-0.39, 0.29) is 0 Å². The van der Waals surface area contributed by atoms with Crippen molar-refractivity contribution in [2.75, 3.05) is 13.2 Å². The summed E-state index contributed by atoms with van der Waals surface area (Å²) in [6, 6.07) is 0.412. The van der Waals surface area contributed by atoms with E-state index in [1.807, 2.05) is 0 Å². The molecule has 0 bridgehead atoms. The molecule has 0 radical (unpaired) electrons. The Morgan fingerprint density at radius 2 is 2.11 bits per heavy atom. The SMILES string of the molecule is CCCNC(CC)Cc1nc(COCCC)no1. The van der Waals surface area contributed by atoms with E-state index < -0.39 is 0 Å². The van der Waals surface area contributed by atoms with Crippen LogP contribution in [0.2, 0.25) is 0 Å². The van der Waals surface area contributed by atoms with Gasteiger partial charge in [0.2, 0.25) is 5.89 Å². The Morgan fingerprint density at radius 3 is 2.78 bits per heavy atom. The standard InChI is InChI=1S/C13H25N3O2/c1-4-7-14-11(6-3)9-13-15-12(16-18-13)10-17-8-5-2/h11,14H,4-10H2,1-3H3. The Balaban J connectivity index is 2.36. The van der Waals surface area contributed by atoms with Gasteiger partial charge in [-0.2, -0.15) is 4.98 Å². The lowest BCUT2D eigenvalue weighted by Crippen LogP contribution is -2.31. The molecule has 1 aromatic heterocycles. The predicted molar refractivity (Wildman–Crippen MR) is 70.3 cm³/mol. The van der Waals surface area contributed by atoms with Crippen molar-refractivity contribution >= 4 is 0 Å². The van der Waals surface area contributed by atoms with Crippen LogP contribution in [0, 0.1) is 0 Å². The molecular formula is C13H25N3O2. The van der Waals surface area contributed by atoms with Crippen molar-refractivity contribution in [1.82, 2.24) is 15.5 Å². The normalized spacial score (nSPS) is 12.8. The third kappa shape index (κ3) is 5.60. The van der Waals surface area contributed by atoms with Crippen LogP contribution in [-0.4, -0.2) is 29.3 Å². The van der Waals surface area contributed by atoms with Crippen molar-refractivity contribution in [2.24, 2.45) is 0 Å². The Morgan fingerprint density at radius 1 is 1.28 bits per heavy atom. The molecular weight excluding hydrogens is 230 g/mol. The monoisotopic (exact) mass is 255 g/mol. The van der Waals surface area contributed by atoms with Gasteiger partial charge in [-0.3, -0.25) is 0 Å². The average molecular weight is 255 g/mol. The molecule has 0 amide bonds. The fourth-order valence-electron chi connectivity index (χ4n) is 1.66. The van der Waals surface area contributed by atoms with Gasteiger partial charge in [0.05, 0.1) is 0 Å². The molecule has 0 saturated carbocycles. The Labute approximate surface area is 109 Å². The second-order valence-electron chi connectivity index (χ2n) is 4.42. The van der Waals surface area contributed by atoms with Crippen molar-refractivity contribution < 1.29 is 9.26 Å². The van der Waals surface area contributed by atoms with Crippen molar-refractivity contribution in [3.05, 3.63) is 11.7 Å². The molecule has 0 fully saturated rings. The van der Waals surface area contributed by atoms with E-state index in [4.69, 9.17) is 9.26 Å². The average Bonchev–Trinajstić information content (AvgIpc) is 2.82. The molecule has 0 aromatic carbocycles. The van der Waals surface area contributed by atoms with E-state index >= 15 is 0 Å². The number of ether oxygens (including phenoxy) is 1. The van der Waals surface area contributed by atoms with Gasteiger partial charge in [-0.05, 0) is 25.8 Å². The molecule has 0 aliphatic rings. The fraction of sp³-hybridized carbons (Fsp3) is 0.846. The minimum absolute atomic E-state index is 0.412. The number of hydrogen-bond acceptors (Lipinski definition) is 5. The quantitative estimate of drug-likeness (QED) is 0.650. The van der Waals surface area contributed by atoms with Crippen molar-refractivity contribution in [1.29, 1.82) is 0 Å². The van der Waals surface area contributed by atoms with Crippen molar-refractivity contribution in [2.45, 2.75) is 59.1 Å². The molecule has 1 N–H and O–H groups in total. The van der Waals surface area contributed by atoms with Crippen LogP contribution in [0.25, 0.3) is 0 Å². The molecule has 104 valence electrons. The second kappa shape index (κ2) is 9.05. The summed E-state index contributed by atoms with van der Waals surface area (Å²) in [4.78, 5) is 4.34. The number of nitrogens with one attached hydrogen (secondary N) is 1. The van der Waals surface area contributed by atoms with Gasteiger partial charge in [0, 0.05) is 19.1 Å². The smallest absolute Gasteiger partial charge is 0.228 e. The highest BCUT2D eigenvalue weighted by Gasteiger charge is 2.12. The molecule has 1 unspecified atom stereocenters. The van der Waals surface area contributed by atoms with Gasteiger partial charge >= 0.3 is 0 Å². The first-order chi connectivity index (χ1) is 8.80. The maximum Gasteiger partial charge on any atom is 0.228 e. The van der Waals surface area contributed by atoms with E-state index in [2.05, 4.69) is 36.2 Å². The molecule has 0 aliphatic heterocycles. The first-order valence-electron chi connectivity index (χ1n) is 6.92. The molecule has 1 aromatic rings. The van der Waals surface area contributed by atoms with Gasteiger partial charge < -0.3 is 14.6 Å². The maximum absolute atomic E-state index is 5.38. The lowest BCUT2D eigenvalue weighted by molar-refractivity contribution is 0.114. The van der Waals surface area contributed by atoms with Crippen LogP contribution in [-0.2, 0) is 17.8 Å². The summed E-state index contributed by atoms with van der Waals surface area (Å²) in [5, 5.41) is 7.39. The number of nitrogens with zero attached hydrogens (tertiary/aromatic N) is 2. The summed E-state index contributed by atoms with van der Waals surface area (Å²) in [5.41, 5.74) is 0. The third-order valence-corrected chi connectivity index (χ3v) is 2.69. The zero-order chi connectivity index (χ0) is 13.2. The molecule has 5 nitrogen and oxygen atoms in total. The lowest BCUT2D eigenvalue weighted by atomic mass is 10.1. The zero-order valence-corrected chi connectivity index (χ0v) is 11.7. The fourth-order valence-corrected chi connectivity index (χ4v) is 1.66. The lowest BCUT2D eigenvalue weighted by Gasteiger charge is -2.13. The molecule has 0 spiro atoms. The Bertz CT molecular complexity index is 315. The summed E-state index contributed by atoms with van der Waals surface area (Å²) < 4.78 is 10.6. The van der Waals surface area contributed by atoms with Gasteiger partial charge in [-0.25, -0.2) is 0 Å². The summed E-state index contributed by atoms with van der Waals surface area (Å²) in [7, 11) is 0. The highest BCUT2D eigenvalue weighted by atomic mass is 16.5. The highest BCUT2D eigenvalue weighted by Crippen LogP contribution is 2.05. The second-order valence-corrected chi connectivity index (χ2v) is 4.42. The van der Waals surface area contributed by atoms with Crippen molar-refractivity contribution in [3.8, 4) is 0 Å². The van der Waals surface area contributed by atoms with E-state index in [1.165, 1.54) is 0 Å². The molecule has 5 heteroatoms. The Hall–Kier alpha value is -0.940. The topological polar surface area (TPSA) is 60.2 Å². The minimum atomic E-state index is 0.412. The van der Waals surface area contributed by atoms with E-state index in [1.54, 1.807) is 0 Å². The zero-order valence-electron chi connectivity index (χ0n) is 11.7. The number of rotatable bonds is 10. The first-order valence-corrected chi connectivity index (χ1v) is 6.92. The van der Waals surface area contributed by atoms with Crippen LogP contribution in [0.4, 0.5) is 0 Å². The molecule has 1 atom stereocenters. The summed E-state index contributed by atoms with van der Waals surface area (Å²) in [5.74, 6) is 1.34. The Kier molecular flexibility index (Phi) is 7.60. The molecule has 1 rings (SSSR count). The highest BCUT2D eigenvalue weighted by molar-refractivity contribution is 4.88. The maximum atomic E-state index is 5.38. The van der Waals surface area contributed by atoms with Crippen LogP contribution in [0.1, 0.15) is 51.7 Å². The third-order valence-electron chi connectivity index (χ3n) is 2.69. The summed E-state index contributed by atoms with van der Waals surface area (Å²) in [6.07, 6.45) is 3.99. The van der Waals surface area contributed by atoms with Crippen LogP contribution in [0.5, 0.6) is 0 Å². The van der Waals surface area contributed by atoms with E-state index in [9.17, 15) is 0 Å². The van der Waals surface area contributed by atoms with Gasteiger partial charge in [0.25, 0.3) is 0 Å². The predicted octanol–water partition coefficient (Wildman–Crippen LogP) is 2.32. The van der Waals surface area contributed by atoms with Gasteiger partial charge in [0.1, 0.15) is 6.61 Å². The summed E-state index contributed by atoms with van der Waals surface area (Å²) in [6.45, 7) is 8.60.